The number of para-hydroxylation sites is 2. The lowest BCUT2D eigenvalue weighted by Crippen LogP contribution is -2.06. The highest BCUT2D eigenvalue weighted by Crippen LogP contribution is 2.32. The number of thiophene rings is 1. The number of aromatic nitrogens is 2. The zero-order valence-electron chi connectivity index (χ0n) is 9.75. The smallest absolute Gasteiger partial charge is 0.265 e. The summed E-state index contributed by atoms with van der Waals surface area (Å²) in [7, 11) is 0. The average molecular weight is 257 g/mol. The van der Waals surface area contributed by atoms with Gasteiger partial charge in [-0.25, -0.2) is 9.97 Å². The van der Waals surface area contributed by atoms with Crippen molar-refractivity contribution in [2.45, 2.75) is 6.92 Å². The molecule has 2 N–H and O–H groups in total. The van der Waals surface area contributed by atoms with Crippen molar-refractivity contribution >= 4 is 22.4 Å². The average Bonchev–Trinajstić information content (AvgIpc) is 2.83. The van der Waals surface area contributed by atoms with E-state index in [1.165, 1.54) is 4.88 Å². The normalized spacial score (nSPS) is 10.8. The van der Waals surface area contributed by atoms with Gasteiger partial charge >= 0.3 is 0 Å². The van der Waals surface area contributed by atoms with Crippen molar-refractivity contribution in [3.8, 4) is 16.5 Å². The predicted molar refractivity (Wildman–Crippen MR) is 72.4 cm³/mol. The van der Waals surface area contributed by atoms with Crippen LogP contribution in [0.2, 0.25) is 0 Å². The fourth-order valence-corrected chi connectivity index (χ4v) is 2.64. The summed E-state index contributed by atoms with van der Waals surface area (Å²) >= 11 is 1.64. The summed E-state index contributed by atoms with van der Waals surface area (Å²) in [5.74, 6) is 5.64. The van der Waals surface area contributed by atoms with Crippen LogP contribution in [0, 0.1) is 6.92 Å². The molecule has 0 unspecified atom stereocenters. The van der Waals surface area contributed by atoms with E-state index < -0.39 is 0 Å². The molecule has 1 aromatic carbocycles. The van der Waals surface area contributed by atoms with Gasteiger partial charge in [0.2, 0.25) is 0 Å². The lowest BCUT2D eigenvalue weighted by Gasteiger charge is -2.05. The van der Waals surface area contributed by atoms with Gasteiger partial charge in [0.25, 0.3) is 5.88 Å². The summed E-state index contributed by atoms with van der Waals surface area (Å²) in [5.41, 5.74) is 2.30. The molecular formula is C13H11N3OS. The largest absolute Gasteiger partial charge is 0.389 e. The van der Waals surface area contributed by atoms with Gasteiger partial charge in [0.05, 0.1) is 15.9 Å². The van der Waals surface area contributed by atoms with Crippen LogP contribution < -0.4 is 10.7 Å². The molecule has 3 rings (SSSR count). The van der Waals surface area contributed by atoms with E-state index in [0.29, 0.717) is 11.6 Å². The number of hydrogen-bond acceptors (Lipinski definition) is 5. The first-order valence-corrected chi connectivity index (χ1v) is 6.30. The molecule has 0 radical (unpaired) electrons. The summed E-state index contributed by atoms with van der Waals surface area (Å²) in [4.78, 5) is 16.0. The molecule has 0 bridgehead atoms. The highest BCUT2D eigenvalue weighted by atomic mass is 32.1. The third kappa shape index (κ3) is 1.83. The Morgan fingerprint density at radius 3 is 2.39 bits per heavy atom. The Morgan fingerprint density at radius 1 is 1.06 bits per heavy atom. The van der Waals surface area contributed by atoms with Gasteiger partial charge in [-0.1, -0.05) is 12.1 Å². The lowest BCUT2D eigenvalue weighted by atomic mass is 10.2. The minimum atomic E-state index is 0.357. The van der Waals surface area contributed by atoms with Crippen LogP contribution in [0.4, 0.5) is 0 Å². The standard InChI is InChI=1S/C13H11N3OS/c1-8-6-7-11(18-8)12-13(17-14)16-10-5-3-2-4-9(10)15-12/h2-7H,14H2,1H3. The number of hydrogen-bond donors (Lipinski definition) is 1. The molecule has 90 valence electrons. The Kier molecular flexibility index (Phi) is 2.70. The number of nitrogens with two attached hydrogens (primary N) is 1. The maximum atomic E-state index is 5.29. The molecule has 2 aromatic heterocycles. The van der Waals surface area contributed by atoms with Crippen molar-refractivity contribution < 1.29 is 4.84 Å². The van der Waals surface area contributed by atoms with E-state index in [2.05, 4.69) is 9.97 Å². The van der Waals surface area contributed by atoms with E-state index in [4.69, 9.17) is 10.7 Å². The van der Waals surface area contributed by atoms with Crippen LogP contribution in [0.3, 0.4) is 0 Å². The molecule has 0 fully saturated rings. The van der Waals surface area contributed by atoms with Crippen LogP contribution >= 0.6 is 11.3 Å². The maximum absolute atomic E-state index is 5.29. The van der Waals surface area contributed by atoms with Crippen LogP contribution in [0.5, 0.6) is 5.88 Å². The molecule has 0 saturated heterocycles. The second kappa shape index (κ2) is 4.36. The number of fused-ring (bicyclic) bond motifs is 1. The number of benzene rings is 1. The van der Waals surface area contributed by atoms with Crippen molar-refractivity contribution in [3.63, 3.8) is 0 Å². The SMILES string of the molecule is Cc1ccc(-c2nc3ccccc3nc2ON)s1. The van der Waals surface area contributed by atoms with Gasteiger partial charge in [0.15, 0.2) is 0 Å². The second-order valence-corrected chi connectivity index (χ2v) is 5.18. The van der Waals surface area contributed by atoms with Crippen LogP contribution in [-0.4, -0.2) is 9.97 Å². The third-order valence-corrected chi connectivity index (χ3v) is 3.63. The summed E-state index contributed by atoms with van der Waals surface area (Å²) < 4.78 is 0. The van der Waals surface area contributed by atoms with Gasteiger partial charge in [-0.3, -0.25) is 0 Å². The fraction of sp³-hybridized carbons (Fsp3) is 0.0769. The molecule has 0 atom stereocenters. The first-order valence-electron chi connectivity index (χ1n) is 5.48. The summed E-state index contributed by atoms with van der Waals surface area (Å²) in [6.45, 7) is 2.05. The zero-order chi connectivity index (χ0) is 12.5. The van der Waals surface area contributed by atoms with E-state index in [1.54, 1.807) is 11.3 Å². The maximum Gasteiger partial charge on any atom is 0.265 e. The lowest BCUT2D eigenvalue weighted by molar-refractivity contribution is 0.322. The molecule has 5 heteroatoms. The monoisotopic (exact) mass is 257 g/mol. The predicted octanol–water partition coefficient (Wildman–Crippen LogP) is 2.92. The molecule has 0 aliphatic rings. The molecule has 2 heterocycles. The quantitative estimate of drug-likeness (QED) is 0.717. The first-order chi connectivity index (χ1) is 8.78. The topological polar surface area (TPSA) is 61.0 Å². The van der Waals surface area contributed by atoms with E-state index >= 15 is 0 Å². The van der Waals surface area contributed by atoms with Crippen molar-refractivity contribution in [3.05, 3.63) is 41.3 Å². The minimum Gasteiger partial charge on any atom is -0.389 e. The van der Waals surface area contributed by atoms with E-state index in [9.17, 15) is 0 Å². The van der Waals surface area contributed by atoms with Crippen molar-refractivity contribution in [1.29, 1.82) is 0 Å². The number of aryl methyl sites for hydroxylation is 1. The van der Waals surface area contributed by atoms with Gasteiger partial charge in [-0.05, 0) is 31.2 Å². The Morgan fingerprint density at radius 2 is 1.78 bits per heavy atom. The fourth-order valence-electron chi connectivity index (χ4n) is 1.79. The molecule has 0 saturated carbocycles. The van der Waals surface area contributed by atoms with Gasteiger partial charge in [-0.15, -0.1) is 11.3 Å². The van der Waals surface area contributed by atoms with Crippen molar-refractivity contribution in [1.82, 2.24) is 9.97 Å². The van der Waals surface area contributed by atoms with Gasteiger partial charge in [0.1, 0.15) is 5.69 Å². The van der Waals surface area contributed by atoms with E-state index in [1.807, 2.05) is 43.3 Å². The number of rotatable bonds is 2. The number of nitrogens with zero attached hydrogens (tertiary/aromatic N) is 2. The van der Waals surface area contributed by atoms with E-state index in [-0.39, 0.29) is 0 Å². The van der Waals surface area contributed by atoms with Crippen LogP contribution in [0.25, 0.3) is 21.6 Å². The van der Waals surface area contributed by atoms with Crippen LogP contribution in [0.15, 0.2) is 36.4 Å². The molecule has 4 nitrogen and oxygen atoms in total. The van der Waals surface area contributed by atoms with Crippen molar-refractivity contribution in [2.75, 3.05) is 0 Å². The molecular weight excluding hydrogens is 246 g/mol. The molecule has 0 aliphatic carbocycles. The molecule has 0 amide bonds. The summed E-state index contributed by atoms with van der Waals surface area (Å²) in [5, 5.41) is 0. The van der Waals surface area contributed by atoms with Crippen LogP contribution in [-0.2, 0) is 0 Å². The molecule has 0 spiro atoms. The Balaban J connectivity index is 2.26. The highest BCUT2D eigenvalue weighted by Gasteiger charge is 2.13. The Bertz CT molecular complexity index is 708. The van der Waals surface area contributed by atoms with Gasteiger partial charge in [-0.2, -0.15) is 5.90 Å². The highest BCUT2D eigenvalue weighted by molar-refractivity contribution is 7.15. The first kappa shape index (κ1) is 11.1. The third-order valence-electron chi connectivity index (χ3n) is 2.62. The van der Waals surface area contributed by atoms with Crippen LogP contribution in [0.1, 0.15) is 4.88 Å². The van der Waals surface area contributed by atoms with Gasteiger partial charge < -0.3 is 4.84 Å². The molecule has 0 aliphatic heterocycles. The Hall–Kier alpha value is -1.98. The Labute approximate surface area is 108 Å². The zero-order valence-corrected chi connectivity index (χ0v) is 10.6. The van der Waals surface area contributed by atoms with E-state index in [0.717, 1.165) is 15.9 Å². The summed E-state index contributed by atoms with van der Waals surface area (Å²) in [6, 6.07) is 11.7. The molecule has 18 heavy (non-hydrogen) atoms. The van der Waals surface area contributed by atoms with Crippen molar-refractivity contribution in [2.24, 2.45) is 5.90 Å². The van der Waals surface area contributed by atoms with Gasteiger partial charge in [0, 0.05) is 4.88 Å². The molecule has 3 aromatic rings. The minimum absolute atomic E-state index is 0.357. The summed E-state index contributed by atoms with van der Waals surface area (Å²) in [6.07, 6.45) is 0. The second-order valence-electron chi connectivity index (χ2n) is 3.89.